The van der Waals surface area contributed by atoms with Crippen LogP contribution in [0.2, 0.25) is 0 Å². The number of nitrogens with two attached hydrogens (primary N) is 1. The molecule has 0 saturated heterocycles. The molecule has 1 aromatic rings. The lowest BCUT2D eigenvalue weighted by molar-refractivity contribution is -0.138. The van der Waals surface area contributed by atoms with Gasteiger partial charge < -0.3 is 5.73 Å². The molecule has 1 aliphatic carbocycles. The molecule has 1 fully saturated rings. The van der Waals surface area contributed by atoms with Gasteiger partial charge in [-0.05, 0) is 75.6 Å². The highest BCUT2D eigenvalue weighted by Crippen LogP contribution is 2.48. The zero-order valence-corrected chi connectivity index (χ0v) is 19.7. The molecule has 0 spiro atoms. The molecule has 196 valence electrons. The topological polar surface area (TPSA) is 101 Å². The third-order valence-electron chi connectivity index (χ3n) is 6.36. The van der Waals surface area contributed by atoms with Crippen molar-refractivity contribution in [3.05, 3.63) is 41.4 Å². The van der Waals surface area contributed by atoms with Crippen molar-refractivity contribution in [2.24, 2.45) is 17.6 Å². The predicted molar refractivity (Wildman–Crippen MR) is 114 cm³/mol. The molecular formula is C22H25F7N2O3S. The fraction of sp³-hybridized carbons (Fsp3) is 0.545. The number of halogens is 7. The van der Waals surface area contributed by atoms with Crippen LogP contribution < -0.4 is 5.73 Å². The Balaban J connectivity index is 1.97. The van der Waals surface area contributed by atoms with E-state index in [1.54, 1.807) is 0 Å². The summed E-state index contributed by atoms with van der Waals surface area (Å²) in [6.45, 7) is 2.73. The number of carbonyl (C=O) groups is 1. The van der Waals surface area contributed by atoms with Crippen LogP contribution in [0, 0.1) is 23.1 Å². The van der Waals surface area contributed by atoms with Gasteiger partial charge in [0.25, 0.3) is 0 Å². The molecule has 0 amide bonds. The van der Waals surface area contributed by atoms with Crippen molar-refractivity contribution in [2.45, 2.75) is 67.9 Å². The highest BCUT2D eigenvalue weighted by atomic mass is 32.2. The van der Waals surface area contributed by atoms with Gasteiger partial charge in [-0.3, -0.25) is 10.2 Å². The minimum Gasteiger partial charge on any atom is -0.395 e. The quantitative estimate of drug-likeness (QED) is 0.321. The van der Waals surface area contributed by atoms with Gasteiger partial charge in [0.1, 0.15) is 11.5 Å². The van der Waals surface area contributed by atoms with E-state index in [-0.39, 0.29) is 30.9 Å². The minimum atomic E-state index is -4.92. The molecule has 1 saturated carbocycles. The number of sulfone groups is 1. The van der Waals surface area contributed by atoms with Crippen LogP contribution in [0.25, 0.3) is 0 Å². The molecule has 1 aromatic carbocycles. The summed E-state index contributed by atoms with van der Waals surface area (Å²) in [7, 11) is -4.33. The van der Waals surface area contributed by atoms with Crippen molar-refractivity contribution >= 4 is 21.3 Å². The van der Waals surface area contributed by atoms with E-state index in [1.807, 2.05) is 0 Å². The van der Waals surface area contributed by atoms with Gasteiger partial charge in [-0.25, -0.2) is 12.8 Å². The number of alkyl halides is 6. The third kappa shape index (κ3) is 6.62. The normalized spacial score (nSPS) is 19.9. The highest BCUT2D eigenvalue weighted by molar-refractivity contribution is 7.92. The SMILES string of the molecule is CC(C)(C1CC(CCCC(=O)C(=N)C=C(N)C(F)(F)F)C1)S(=O)(=O)c1cc(F)cc(C(F)(F)F)c1. The summed E-state index contributed by atoms with van der Waals surface area (Å²) in [6.07, 6.45) is -8.22. The predicted octanol–water partition coefficient (Wildman–Crippen LogP) is 5.59. The monoisotopic (exact) mass is 530 g/mol. The van der Waals surface area contributed by atoms with Gasteiger partial charge >= 0.3 is 12.4 Å². The molecule has 0 heterocycles. The number of rotatable bonds is 9. The van der Waals surface area contributed by atoms with E-state index in [2.05, 4.69) is 0 Å². The van der Waals surface area contributed by atoms with Crippen LogP contribution in [0.5, 0.6) is 0 Å². The summed E-state index contributed by atoms with van der Waals surface area (Å²) in [4.78, 5) is 11.1. The first-order chi connectivity index (χ1) is 15.8. The Labute approximate surface area is 198 Å². The van der Waals surface area contributed by atoms with Gasteiger partial charge in [0, 0.05) is 6.42 Å². The van der Waals surface area contributed by atoms with Crippen LogP contribution in [0.4, 0.5) is 30.7 Å². The summed E-state index contributed by atoms with van der Waals surface area (Å²) < 4.78 is 115. The van der Waals surface area contributed by atoms with E-state index < -0.39 is 66.3 Å². The molecule has 0 bridgehead atoms. The number of allylic oxidation sites excluding steroid dienone is 2. The van der Waals surface area contributed by atoms with Crippen molar-refractivity contribution in [3.63, 3.8) is 0 Å². The third-order valence-corrected chi connectivity index (χ3v) is 8.94. The van der Waals surface area contributed by atoms with E-state index in [0.29, 0.717) is 31.4 Å². The van der Waals surface area contributed by atoms with Crippen molar-refractivity contribution in [1.29, 1.82) is 5.41 Å². The first kappa shape index (κ1) is 28.8. The second-order valence-electron chi connectivity index (χ2n) is 9.14. The number of Topliss-reactive ketones (excluding diaryl/α,β-unsaturated/α-hetero) is 1. The zero-order valence-electron chi connectivity index (χ0n) is 18.9. The van der Waals surface area contributed by atoms with Gasteiger partial charge in [0.05, 0.1) is 20.9 Å². The van der Waals surface area contributed by atoms with Crippen molar-refractivity contribution in [2.75, 3.05) is 0 Å². The Morgan fingerprint density at radius 2 is 1.69 bits per heavy atom. The molecule has 0 unspecified atom stereocenters. The molecule has 13 heteroatoms. The molecule has 0 radical (unpaired) electrons. The summed E-state index contributed by atoms with van der Waals surface area (Å²) in [5.41, 5.74) is 0.960. The molecule has 35 heavy (non-hydrogen) atoms. The Morgan fingerprint density at radius 1 is 1.11 bits per heavy atom. The molecule has 0 aromatic heterocycles. The Bertz CT molecular complexity index is 1120. The van der Waals surface area contributed by atoms with E-state index in [4.69, 9.17) is 11.1 Å². The smallest absolute Gasteiger partial charge is 0.395 e. The van der Waals surface area contributed by atoms with Crippen molar-refractivity contribution in [1.82, 2.24) is 0 Å². The first-order valence-electron chi connectivity index (χ1n) is 10.6. The molecule has 0 atom stereocenters. The molecule has 0 aliphatic heterocycles. The Hall–Kier alpha value is -2.44. The minimum absolute atomic E-state index is 0.00880. The lowest BCUT2D eigenvalue weighted by atomic mass is 9.67. The first-order valence-corrected chi connectivity index (χ1v) is 12.0. The Kier molecular flexibility index (Phi) is 8.15. The van der Waals surface area contributed by atoms with Crippen LogP contribution in [-0.2, 0) is 20.8 Å². The standard InChI is InChI=1S/C22H25F7N2O3S/c1-20(2,35(33,34)16-9-14(21(24,25)26)8-15(23)10-16)13-6-12(7-13)4-3-5-18(32)17(30)11-19(31)22(27,28)29/h8-13,30H,3-7,31H2,1-2H3. The van der Waals surface area contributed by atoms with Gasteiger partial charge in [0.2, 0.25) is 0 Å². The maximum Gasteiger partial charge on any atom is 0.430 e. The van der Waals surface area contributed by atoms with E-state index in [9.17, 15) is 43.9 Å². The van der Waals surface area contributed by atoms with Crippen molar-refractivity contribution < 1.29 is 43.9 Å². The molecule has 5 nitrogen and oxygen atoms in total. The average Bonchev–Trinajstić information content (AvgIpc) is 2.67. The van der Waals surface area contributed by atoms with Crippen LogP contribution in [0.3, 0.4) is 0 Å². The number of benzene rings is 1. The Morgan fingerprint density at radius 3 is 2.20 bits per heavy atom. The second-order valence-corrected chi connectivity index (χ2v) is 11.7. The van der Waals surface area contributed by atoms with Crippen LogP contribution in [0.1, 0.15) is 51.5 Å². The van der Waals surface area contributed by atoms with Gasteiger partial charge in [-0.2, -0.15) is 26.3 Å². The molecule has 2 rings (SSSR count). The zero-order chi connectivity index (χ0) is 27.0. The number of nitrogens with one attached hydrogen (secondary N) is 1. The van der Waals surface area contributed by atoms with Gasteiger partial charge in [-0.1, -0.05) is 0 Å². The van der Waals surface area contributed by atoms with E-state index in [1.165, 1.54) is 13.8 Å². The highest BCUT2D eigenvalue weighted by Gasteiger charge is 2.48. The van der Waals surface area contributed by atoms with Gasteiger partial charge in [-0.15, -0.1) is 0 Å². The van der Waals surface area contributed by atoms with Crippen molar-refractivity contribution in [3.8, 4) is 0 Å². The second kappa shape index (κ2) is 9.90. The fourth-order valence-corrected chi connectivity index (χ4v) is 5.74. The maximum absolute atomic E-state index is 13.8. The molecule has 3 N–H and O–H groups in total. The number of hydrogen-bond acceptors (Lipinski definition) is 5. The number of carbonyl (C=O) groups excluding carboxylic acids is 1. The van der Waals surface area contributed by atoms with E-state index in [0.717, 1.165) is 0 Å². The average molecular weight is 531 g/mol. The molecular weight excluding hydrogens is 505 g/mol. The largest absolute Gasteiger partial charge is 0.430 e. The molecule has 1 aliphatic rings. The number of ketones is 1. The fourth-order valence-electron chi connectivity index (χ4n) is 3.95. The lowest BCUT2D eigenvalue weighted by Gasteiger charge is -2.45. The maximum atomic E-state index is 13.8. The summed E-state index contributed by atoms with van der Waals surface area (Å²) >= 11 is 0. The van der Waals surface area contributed by atoms with Gasteiger partial charge in [0.15, 0.2) is 15.6 Å². The summed E-state index contributed by atoms with van der Waals surface area (Å²) in [6, 6.07) is 1.19. The van der Waals surface area contributed by atoms with Crippen LogP contribution in [0.15, 0.2) is 34.9 Å². The van der Waals surface area contributed by atoms with Crippen LogP contribution in [-0.4, -0.2) is 30.8 Å². The lowest BCUT2D eigenvalue weighted by Crippen LogP contribution is -2.46. The van der Waals surface area contributed by atoms with E-state index >= 15 is 0 Å². The summed E-state index contributed by atoms with van der Waals surface area (Å²) in [5.74, 6) is -2.57. The summed E-state index contributed by atoms with van der Waals surface area (Å²) in [5, 5.41) is 7.41. The van der Waals surface area contributed by atoms with Crippen LogP contribution >= 0.6 is 0 Å². The number of hydrogen-bond donors (Lipinski definition) is 2.